The number of amides is 2. The van der Waals surface area contributed by atoms with E-state index in [9.17, 15) is 22.4 Å². The molecule has 1 fully saturated rings. The van der Waals surface area contributed by atoms with E-state index in [1.807, 2.05) is 6.92 Å². The average molecular weight is 562 g/mol. The minimum atomic E-state index is -3.59. The van der Waals surface area contributed by atoms with Gasteiger partial charge in [0.2, 0.25) is 21.8 Å². The van der Waals surface area contributed by atoms with E-state index in [1.165, 1.54) is 30.0 Å². The van der Waals surface area contributed by atoms with Gasteiger partial charge in [0.05, 0.1) is 19.1 Å². The molecule has 1 atom stereocenters. The highest BCUT2D eigenvalue weighted by Crippen LogP contribution is 2.23. The summed E-state index contributed by atoms with van der Waals surface area (Å²) in [6.07, 6.45) is 7.04. The van der Waals surface area contributed by atoms with Gasteiger partial charge in [-0.3, -0.25) is 13.9 Å². The third-order valence-corrected chi connectivity index (χ3v) is 8.31. The molecule has 0 heterocycles. The van der Waals surface area contributed by atoms with Crippen LogP contribution in [0.25, 0.3) is 0 Å². The van der Waals surface area contributed by atoms with Crippen molar-refractivity contribution in [2.24, 2.45) is 0 Å². The first kappa shape index (κ1) is 30.4. The molecule has 0 aromatic heterocycles. The highest BCUT2D eigenvalue weighted by Gasteiger charge is 2.30. The number of hydrogen-bond acceptors (Lipinski definition) is 5. The summed E-state index contributed by atoms with van der Waals surface area (Å²) in [6.45, 7) is 2.13. The van der Waals surface area contributed by atoms with Gasteiger partial charge in [-0.25, -0.2) is 12.8 Å². The van der Waals surface area contributed by atoms with Crippen LogP contribution in [0.15, 0.2) is 48.5 Å². The van der Waals surface area contributed by atoms with Crippen LogP contribution in [0.2, 0.25) is 0 Å². The van der Waals surface area contributed by atoms with Crippen molar-refractivity contribution in [2.75, 3.05) is 24.2 Å². The Morgan fingerprint density at radius 1 is 1.05 bits per heavy atom. The Hall–Kier alpha value is -3.14. The van der Waals surface area contributed by atoms with Gasteiger partial charge in [0, 0.05) is 25.6 Å². The summed E-state index contributed by atoms with van der Waals surface area (Å²) < 4.78 is 45.0. The molecule has 2 amide bonds. The monoisotopic (exact) mass is 561 g/mol. The first-order chi connectivity index (χ1) is 18.6. The first-order valence-electron chi connectivity index (χ1n) is 13.6. The lowest BCUT2D eigenvalue weighted by atomic mass is 9.95. The van der Waals surface area contributed by atoms with Crippen LogP contribution < -0.4 is 14.4 Å². The Bertz CT molecular complexity index is 1180. The Balaban J connectivity index is 1.74. The molecule has 1 N–H and O–H groups in total. The molecule has 2 aromatic carbocycles. The van der Waals surface area contributed by atoms with Crippen molar-refractivity contribution >= 4 is 27.5 Å². The highest BCUT2D eigenvalue weighted by molar-refractivity contribution is 7.92. The number of methoxy groups -OCH3 is 1. The Labute approximate surface area is 231 Å². The number of nitrogens with zero attached hydrogens (tertiary/aromatic N) is 2. The number of halogens is 1. The zero-order valence-electron chi connectivity index (χ0n) is 23.1. The summed E-state index contributed by atoms with van der Waals surface area (Å²) in [5.74, 6) is -0.210. The van der Waals surface area contributed by atoms with E-state index in [-0.39, 0.29) is 49.6 Å². The number of rotatable bonds is 13. The van der Waals surface area contributed by atoms with Crippen molar-refractivity contribution in [3.8, 4) is 5.75 Å². The van der Waals surface area contributed by atoms with Crippen LogP contribution >= 0.6 is 0 Å². The molecule has 0 unspecified atom stereocenters. The zero-order chi connectivity index (χ0) is 28.4. The van der Waals surface area contributed by atoms with Crippen LogP contribution in [0.3, 0.4) is 0 Å². The fraction of sp³-hybridized carbons (Fsp3) is 0.517. The van der Waals surface area contributed by atoms with Crippen molar-refractivity contribution in [2.45, 2.75) is 76.9 Å². The minimum absolute atomic E-state index is 0.0522. The standard InChI is InChI=1S/C29H40FN3O5S/c1-4-27(29(35)31-24-9-6-5-7-10-24)32(21-22-12-14-23(30)15-13-22)28(34)11-8-20-33(39(3,36)37)25-16-18-26(38-2)19-17-25/h12-19,24,27H,4-11,20-21H2,1-3H3,(H,31,35)/t27-/m0/s1. The van der Waals surface area contributed by atoms with E-state index in [0.717, 1.165) is 31.9 Å². The third kappa shape index (κ3) is 8.95. The maximum absolute atomic E-state index is 13.6. The van der Waals surface area contributed by atoms with E-state index >= 15 is 0 Å². The Morgan fingerprint density at radius 3 is 2.26 bits per heavy atom. The molecule has 8 nitrogen and oxygen atoms in total. The van der Waals surface area contributed by atoms with Gasteiger partial charge in [-0.2, -0.15) is 0 Å². The van der Waals surface area contributed by atoms with Crippen LogP contribution in [-0.2, 0) is 26.2 Å². The molecule has 0 aliphatic heterocycles. The molecule has 1 saturated carbocycles. The average Bonchev–Trinajstić information content (AvgIpc) is 2.92. The van der Waals surface area contributed by atoms with Crippen LogP contribution in [-0.4, -0.2) is 57.1 Å². The SMILES string of the molecule is CC[C@@H](C(=O)NC1CCCCC1)N(Cc1ccc(F)cc1)C(=O)CCCN(c1ccc(OC)cc1)S(C)(=O)=O. The lowest BCUT2D eigenvalue weighted by Crippen LogP contribution is -2.51. The molecule has 1 aliphatic rings. The van der Waals surface area contributed by atoms with Gasteiger partial charge < -0.3 is 15.0 Å². The van der Waals surface area contributed by atoms with Gasteiger partial charge in [-0.05, 0) is 67.6 Å². The van der Waals surface area contributed by atoms with Crippen LogP contribution in [0, 0.1) is 5.82 Å². The number of anilines is 1. The predicted octanol–water partition coefficient (Wildman–Crippen LogP) is 4.64. The van der Waals surface area contributed by atoms with Crippen molar-refractivity contribution in [3.05, 3.63) is 59.9 Å². The molecule has 39 heavy (non-hydrogen) atoms. The van der Waals surface area contributed by atoms with Gasteiger partial charge in [0.25, 0.3) is 0 Å². The van der Waals surface area contributed by atoms with E-state index in [4.69, 9.17) is 4.74 Å². The zero-order valence-corrected chi connectivity index (χ0v) is 23.9. The van der Waals surface area contributed by atoms with Crippen LogP contribution in [0.1, 0.15) is 63.9 Å². The second-order valence-electron chi connectivity index (χ2n) is 10.1. The molecular weight excluding hydrogens is 521 g/mol. The molecular formula is C29H40FN3O5S. The fourth-order valence-electron chi connectivity index (χ4n) is 5.00. The molecule has 2 aromatic rings. The highest BCUT2D eigenvalue weighted by atomic mass is 32.2. The van der Waals surface area contributed by atoms with Crippen LogP contribution in [0.5, 0.6) is 5.75 Å². The second-order valence-corrected chi connectivity index (χ2v) is 12.0. The number of hydrogen-bond donors (Lipinski definition) is 1. The predicted molar refractivity (Wildman–Crippen MR) is 150 cm³/mol. The van der Waals surface area contributed by atoms with E-state index < -0.39 is 16.1 Å². The summed E-state index contributed by atoms with van der Waals surface area (Å²) >= 11 is 0. The van der Waals surface area contributed by atoms with Gasteiger partial charge in [-0.15, -0.1) is 0 Å². The van der Waals surface area contributed by atoms with Gasteiger partial charge in [-0.1, -0.05) is 38.3 Å². The van der Waals surface area contributed by atoms with Crippen molar-refractivity contribution < 1.29 is 27.1 Å². The molecule has 214 valence electrons. The molecule has 3 rings (SSSR count). The minimum Gasteiger partial charge on any atom is -0.497 e. The summed E-state index contributed by atoms with van der Waals surface area (Å²) in [5, 5.41) is 3.13. The Morgan fingerprint density at radius 2 is 1.69 bits per heavy atom. The van der Waals surface area contributed by atoms with Gasteiger partial charge in [0.15, 0.2) is 0 Å². The van der Waals surface area contributed by atoms with E-state index in [0.29, 0.717) is 23.4 Å². The quantitative estimate of drug-likeness (QED) is 0.385. The maximum Gasteiger partial charge on any atom is 0.243 e. The Kier molecular flexibility index (Phi) is 11.2. The van der Waals surface area contributed by atoms with E-state index in [1.54, 1.807) is 41.3 Å². The molecule has 0 bridgehead atoms. The number of carbonyl (C=O) groups excluding carboxylic acids is 2. The van der Waals surface area contributed by atoms with Crippen molar-refractivity contribution in [1.82, 2.24) is 10.2 Å². The summed E-state index contributed by atoms with van der Waals surface area (Å²) in [4.78, 5) is 28.4. The van der Waals surface area contributed by atoms with Crippen molar-refractivity contribution in [3.63, 3.8) is 0 Å². The molecule has 0 saturated heterocycles. The lowest BCUT2D eigenvalue weighted by molar-refractivity contribution is -0.141. The third-order valence-electron chi connectivity index (χ3n) is 7.12. The van der Waals surface area contributed by atoms with Crippen LogP contribution in [0.4, 0.5) is 10.1 Å². The van der Waals surface area contributed by atoms with E-state index in [2.05, 4.69) is 5.32 Å². The number of carbonyl (C=O) groups is 2. The second kappa shape index (κ2) is 14.3. The topological polar surface area (TPSA) is 96.0 Å². The number of ether oxygens (including phenoxy) is 1. The maximum atomic E-state index is 13.6. The summed E-state index contributed by atoms with van der Waals surface area (Å²) in [5.41, 5.74) is 1.19. The van der Waals surface area contributed by atoms with Gasteiger partial charge in [0.1, 0.15) is 17.6 Å². The molecule has 0 radical (unpaired) electrons. The number of sulfonamides is 1. The molecule has 1 aliphatic carbocycles. The fourth-order valence-corrected chi connectivity index (χ4v) is 5.97. The van der Waals surface area contributed by atoms with Gasteiger partial charge >= 0.3 is 0 Å². The number of benzene rings is 2. The largest absolute Gasteiger partial charge is 0.497 e. The summed E-state index contributed by atoms with van der Waals surface area (Å²) in [7, 11) is -2.06. The van der Waals surface area contributed by atoms with Crippen molar-refractivity contribution in [1.29, 1.82) is 0 Å². The molecule has 10 heteroatoms. The molecule has 0 spiro atoms. The lowest BCUT2D eigenvalue weighted by Gasteiger charge is -2.33. The summed E-state index contributed by atoms with van der Waals surface area (Å²) in [6, 6.07) is 12.0. The normalized spacial score (nSPS) is 14.9. The smallest absolute Gasteiger partial charge is 0.243 e. The number of nitrogens with one attached hydrogen (secondary N) is 1. The first-order valence-corrected chi connectivity index (χ1v) is 15.4.